The van der Waals surface area contributed by atoms with Crippen molar-refractivity contribution in [3.63, 3.8) is 0 Å². The number of aromatic nitrogens is 1. The zero-order valence-electron chi connectivity index (χ0n) is 8.92. The Hall–Kier alpha value is -0.410. The third-order valence-electron chi connectivity index (χ3n) is 2.80. The molecule has 1 aliphatic heterocycles. The molecule has 14 heavy (non-hydrogen) atoms. The number of hydrogen-bond acceptors (Lipinski definition) is 3. The minimum Gasteiger partial charge on any atom is -0.317 e. The van der Waals surface area contributed by atoms with Gasteiger partial charge in [-0.2, -0.15) is 0 Å². The van der Waals surface area contributed by atoms with Crippen LogP contribution in [0.15, 0.2) is 6.20 Å². The molecule has 0 aromatic carbocycles. The van der Waals surface area contributed by atoms with E-state index < -0.39 is 0 Å². The predicted molar refractivity (Wildman–Crippen MR) is 61.0 cm³/mol. The van der Waals surface area contributed by atoms with Crippen LogP contribution in [0.3, 0.4) is 0 Å². The molecule has 1 aromatic heterocycles. The van der Waals surface area contributed by atoms with Crippen LogP contribution in [-0.2, 0) is 0 Å². The first-order valence-electron chi connectivity index (χ1n) is 5.43. The molecule has 0 radical (unpaired) electrons. The molecule has 2 rings (SSSR count). The molecular weight excluding hydrogens is 192 g/mol. The van der Waals surface area contributed by atoms with E-state index in [1.807, 2.05) is 11.3 Å². The van der Waals surface area contributed by atoms with E-state index in [-0.39, 0.29) is 0 Å². The molecular formula is C11H18N2S. The van der Waals surface area contributed by atoms with Crippen LogP contribution in [-0.4, -0.2) is 18.1 Å². The molecule has 1 saturated heterocycles. The van der Waals surface area contributed by atoms with Crippen LogP contribution in [0.4, 0.5) is 0 Å². The molecule has 1 aliphatic rings. The smallest absolute Gasteiger partial charge is 0.0959 e. The number of nitrogens with one attached hydrogen (secondary N) is 1. The number of piperidine rings is 1. The van der Waals surface area contributed by atoms with Crippen molar-refractivity contribution in [3.05, 3.63) is 16.1 Å². The summed E-state index contributed by atoms with van der Waals surface area (Å²) in [6, 6.07) is 0. The van der Waals surface area contributed by atoms with Crippen molar-refractivity contribution in [2.24, 2.45) is 0 Å². The molecule has 0 bridgehead atoms. The van der Waals surface area contributed by atoms with Crippen LogP contribution in [0, 0.1) is 0 Å². The molecule has 1 fully saturated rings. The van der Waals surface area contributed by atoms with Crippen LogP contribution >= 0.6 is 11.3 Å². The second-order valence-electron chi connectivity index (χ2n) is 4.28. The third-order valence-corrected chi connectivity index (χ3v) is 4.26. The average Bonchev–Trinajstić information content (AvgIpc) is 2.68. The van der Waals surface area contributed by atoms with Gasteiger partial charge in [0.1, 0.15) is 0 Å². The first-order chi connectivity index (χ1) is 6.77. The fraction of sp³-hybridized carbons (Fsp3) is 0.727. The SMILES string of the molecule is CC(C)c1cnc(C2CCNCC2)s1. The molecule has 0 amide bonds. The minimum atomic E-state index is 0.628. The summed E-state index contributed by atoms with van der Waals surface area (Å²) in [6.07, 6.45) is 4.57. The molecule has 2 heterocycles. The third kappa shape index (κ3) is 2.15. The van der Waals surface area contributed by atoms with Gasteiger partial charge in [-0.15, -0.1) is 11.3 Å². The van der Waals surface area contributed by atoms with Gasteiger partial charge < -0.3 is 5.32 Å². The van der Waals surface area contributed by atoms with E-state index in [1.54, 1.807) is 0 Å². The van der Waals surface area contributed by atoms with E-state index in [0.29, 0.717) is 11.8 Å². The highest BCUT2D eigenvalue weighted by atomic mass is 32.1. The topological polar surface area (TPSA) is 24.9 Å². The summed E-state index contributed by atoms with van der Waals surface area (Å²) < 4.78 is 0. The Morgan fingerprint density at radius 3 is 2.71 bits per heavy atom. The van der Waals surface area contributed by atoms with Crippen LogP contribution in [0.5, 0.6) is 0 Å². The van der Waals surface area contributed by atoms with Gasteiger partial charge >= 0.3 is 0 Å². The monoisotopic (exact) mass is 210 g/mol. The summed E-state index contributed by atoms with van der Waals surface area (Å²) in [5.74, 6) is 1.34. The maximum absolute atomic E-state index is 4.55. The van der Waals surface area contributed by atoms with E-state index in [4.69, 9.17) is 0 Å². The number of rotatable bonds is 2. The highest BCUT2D eigenvalue weighted by Gasteiger charge is 2.18. The minimum absolute atomic E-state index is 0.628. The standard InChI is InChI=1S/C11H18N2S/c1-8(2)10-7-13-11(14-10)9-3-5-12-6-4-9/h7-9,12H,3-6H2,1-2H3. The van der Waals surface area contributed by atoms with Crippen LogP contribution in [0.25, 0.3) is 0 Å². The van der Waals surface area contributed by atoms with Gasteiger partial charge in [-0.1, -0.05) is 13.8 Å². The van der Waals surface area contributed by atoms with Crippen molar-refractivity contribution in [2.45, 2.75) is 38.5 Å². The summed E-state index contributed by atoms with van der Waals surface area (Å²) in [5.41, 5.74) is 0. The predicted octanol–water partition coefficient (Wildman–Crippen LogP) is 2.73. The normalized spacial score (nSPS) is 19.1. The van der Waals surface area contributed by atoms with Crippen molar-refractivity contribution in [3.8, 4) is 0 Å². The Balaban J connectivity index is 2.07. The van der Waals surface area contributed by atoms with E-state index in [2.05, 4.69) is 30.3 Å². The Bertz CT molecular complexity index is 287. The largest absolute Gasteiger partial charge is 0.317 e. The molecule has 1 aromatic rings. The first-order valence-corrected chi connectivity index (χ1v) is 6.25. The Morgan fingerprint density at radius 1 is 1.43 bits per heavy atom. The quantitative estimate of drug-likeness (QED) is 0.812. The molecule has 2 nitrogen and oxygen atoms in total. The van der Waals surface area contributed by atoms with Crippen LogP contribution < -0.4 is 5.32 Å². The van der Waals surface area contributed by atoms with Gasteiger partial charge in [0.2, 0.25) is 0 Å². The highest BCUT2D eigenvalue weighted by molar-refractivity contribution is 7.11. The zero-order chi connectivity index (χ0) is 9.97. The van der Waals surface area contributed by atoms with E-state index in [0.717, 1.165) is 13.1 Å². The number of thiazole rings is 1. The summed E-state index contributed by atoms with van der Waals surface area (Å²) in [5, 5.41) is 4.75. The van der Waals surface area contributed by atoms with Gasteiger partial charge in [0.05, 0.1) is 5.01 Å². The maximum Gasteiger partial charge on any atom is 0.0959 e. The van der Waals surface area contributed by atoms with Gasteiger partial charge in [-0.25, -0.2) is 4.98 Å². The lowest BCUT2D eigenvalue weighted by Crippen LogP contribution is -2.26. The lowest BCUT2D eigenvalue weighted by Gasteiger charge is -2.20. The van der Waals surface area contributed by atoms with Crippen molar-refractivity contribution in [2.75, 3.05) is 13.1 Å². The summed E-state index contributed by atoms with van der Waals surface area (Å²) in [7, 11) is 0. The molecule has 0 spiro atoms. The maximum atomic E-state index is 4.55. The molecule has 0 atom stereocenters. The molecule has 1 N–H and O–H groups in total. The summed E-state index contributed by atoms with van der Waals surface area (Å²) in [4.78, 5) is 5.98. The first kappa shape index (κ1) is 10.1. The van der Waals surface area contributed by atoms with Crippen LogP contribution in [0.2, 0.25) is 0 Å². The van der Waals surface area contributed by atoms with Crippen molar-refractivity contribution in [1.29, 1.82) is 0 Å². The van der Waals surface area contributed by atoms with Crippen LogP contribution in [0.1, 0.15) is 48.4 Å². The second-order valence-corrected chi connectivity index (χ2v) is 5.37. The average molecular weight is 210 g/mol. The van der Waals surface area contributed by atoms with Gasteiger partial charge in [0.15, 0.2) is 0 Å². The Morgan fingerprint density at radius 2 is 2.14 bits per heavy atom. The van der Waals surface area contributed by atoms with Gasteiger partial charge in [-0.05, 0) is 31.8 Å². The lowest BCUT2D eigenvalue weighted by molar-refractivity contribution is 0.459. The highest BCUT2D eigenvalue weighted by Crippen LogP contribution is 2.31. The molecule has 0 unspecified atom stereocenters. The Labute approximate surface area is 89.8 Å². The number of nitrogens with zero attached hydrogens (tertiary/aromatic N) is 1. The lowest BCUT2D eigenvalue weighted by atomic mass is 9.99. The van der Waals surface area contributed by atoms with Crippen molar-refractivity contribution in [1.82, 2.24) is 10.3 Å². The van der Waals surface area contributed by atoms with Crippen molar-refractivity contribution >= 4 is 11.3 Å². The molecule has 78 valence electrons. The van der Waals surface area contributed by atoms with E-state index >= 15 is 0 Å². The summed E-state index contributed by atoms with van der Waals surface area (Å²) >= 11 is 1.91. The molecule has 3 heteroatoms. The van der Waals surface area contributed by atoms with E-state index in [1.165, 1.54) is 22.7 Å². The van der Waals surface area contributed by atoms with Gasteiger partial charge in [0, 0.05) is 17.0 Å². The fourth-order valence-corrected chi connectivity index (χ4v) is 2.92. The molecule has 0 aliphatic carbocycles. The second kappa shape index (κ2) is 4.41. The fourth-order valence-electron chi connectivity index (χ4n) is 1.83. The van der Waals surface area contributed by atoms with E-state index in [9.17, 15) is 0 Å². The summed E-state index contributed by atoms with van der Waals surface area (Å²) in [6.45, 7) is 6.78. The van der Waals surface area contributed by atoms with Gasteiger partial charge in [-0.3, -0.25) is 0 Å². The van der Waals surface area contributed by atoms with Crippen molar-refractivity contribution < 1.29 is 0 Å². The molecule has 0 saturated carbocycles. The Kier molecular flexibility index (Phi) is 3.19. The zero-order valence-corrected chi connectivity index (χ0v) is 9.73. The van der Waals surface area contributed by atoms with Gasteiger partial charge in [0.25, 0.3) is 0 Å². The number of hydrogen-bond donors (Lipinski definition) is 1.